The third-order valence-corrected chi connectivity index (χ3v) is 3.04. The van der Waals surface area contributed by atoms with Gasteiger partial charge in [0, 0.05) is 6.07 Å². The minimum atomic E-state index is 0.361. The lowest BCUT2D eigenvalue weighted by Crippen LogP contribution is -2.20. The lowest BCUT2D eigenvalue weighted by molar-refractivity contribution is 0.147. The van der Waals surface area contributed by atoms with Crippen molar-refractivity contribution in [1.82, 2.24) is 10.2 Å². The monoisotopic (exact) mass is 220 g/mol. The normalized spacial score (nSPS) is 17.3. The first-order valence-corrected chi connectivity index (χ1v) is 6.37. The number of rotatable bonds is 4. The zero-order valence-corrected chi connectivity index (χ0v) is 9.98. The number of hydrogen-bond donors (Lipinski definition) is 0. The van der Waals surface area contributed by atoms with Gasteiger partial charge in [-0.2, -0.15) is 5.10 Å². The summed E-state index contributed by atoms with van der Waals surface area (Å²) < 4.78 is 5.81. The quantitative estimate of drug-likeness (QED) is 0.782. The predicted octanol–water partition coefficient (Wildman–Crippen LogP) is 3.14. The van der Waals surface area contributed by atoms with Crippen molar-refractivity contribution in [2.24, 2.45) is 0 Å². The van der Waals surface area contributed by atoms with Gasteiger partial charge in [0.1, 0.15) is 6.10 Å². The molecule has 1 aromatic heterocycles. The molecule has 0 aliphatic heterocycles. The Kier molecular flexibility index (Phi) is 4.14. The van der Waals surface area contributed by atoms with Crippen LogP contribution in [0.5, 0.6) is 5.88 Å². The van der Waals surface area contributed by atoms with Gasteiger partial charge in [0.05, 0.1) is 5.69 Å². The number of aryl methyl sites for hydroxylation is 1. The van der Waals surface area contributed by atoms with Gasteiger partial charge < -0.3 is 4.74 Å². The van der Waals surface area contributed by atoms with Gasteiger partial charge in [-0.3, -0.25) is 0 Å². The Bertz CT molecular complexity index is 304. The maximum Gasteiger partial charge on any atom is 0.233 e. The molecule has 3 heteroatoms. The molecule has 1 aliphatic rings. The molecular formula is C13H20N2O. The third-order valence-electron chi connectivity index (χ3n) is 3.04. The number of aromatic nitrogens is 2. The van der Waals surface area contributed by atoms with Gasteiger partial charge in [-0.15, -0.1) is 5.10 Å². The predicted molar refractivity (Wildman–Crippen MR) is 63.5 cm³/mol. The zero-order valence-electron chi connectivity index (χ0n) is 9.98. The van der Waals surface area contributed by atoms with Crippen LogP contribution in [0.15, 0.2) is 12.1 Å². The van der Waals surface area contributed by atoms with Crippen LogP contribution < -0.4 is 4.74 Å². The highest BCUT2D eigenvalue weighted by Gasteiger charge is 2.15. The molecule has 88 valence electrons. The Morgan fingerprint density at radius 1 is 1.19 bits per heavy atom. The van der Waals surface area contributed by atoms with E-state index in [2.05, 4.69) is 17.1 Å². The second-order valence-corrected chi connectivity index (χ2v) is 4.49. The van der Waals surface area contributed by atoms with Crippen molar-refractivity contribution >= 4 is 0 Å². The lowest BCUT2D eigenvalue weighted by atomic mass is 9.98. The summed E-state index contributed by atoms with van der Waals surface area (Å²) in [5.41, 5.74) is 1.05. The van der Waals surface area contributed by atoms with E-state index in [4.69, 9.17) is 4.74 Å². The average Bonchev–Trinajstić information content (AvgIpc) is 2.33. The fraction of sp³-hybridized carbons (Fsp3) is 0.692. The first-order chi connectivity index (χ1) is 7.88. The van der Waals surface area contributed by atoms with Gasteiger partial charge in [0.2, 0.25) is 5.88 Å². The van der Waals surface area contributed by atoms with Crippen molar-refractivity contribution in [3.63, 3.8) is 0 Å². The molecule has 0 spiro atoms. The second-order valence-electron chi connectivity index (χ2n) is 4.49. The molecule has 1 heterocycles. The van der Waals surface area contributed by atoms with E-state index in [0.717, 1.165) is 18.5 Å². The van der Waals surface area contributed by atoms with E-state index in [1.165, 1.54) is 32.1 Å². The highest BCUT2D eigenvalue weighted by molar-refractivity contribution is 5.11. The zero-order chi connectivity index (χ0) is 11.2. The van der Waals surface area contributed by atoms with Crippen molar-refractivity contribution in [2.75, 3.05) is 0 Å². The van der Waals surface area contributed by atoms with E-state index in [9.17, 15) is 0 Å². The van der Waals surface area contributed by atoms with Crippen LogP contribution in [0.25, 0.3) is 0 Å². The van der Waals surface area contributed by atoms with Gasteiger partial charge in [0.25, 0.3) is 0 Å². The minimum Gasteiger partial charge on any atom is -0.473 e. The van der Waals surface area contributed by atoms with Crippen LogP contribution >= 0.6 is 0 Å². The van der Waals surface area contributed by atoms with E-state index < -0.39 is 0 Å². The molecule has 2 rings (SSSR count). The Balaban J connectivity index is 1.88. The van der Waals surface area contributed by atoms with Gasteiger partial charge in [-0.1, -0.05) is 19.8 Å². The summed E-state index contributed by atoms with van der Waals surface area (Å²) in [5.74, 6) is 0.687. The summed E-state index contributed by atoms with van der Waals surface area (Å²) in [6.07, 6.45) is 8.71. The summed E-state index contributed by atoms with van der Waals surface area (Å²) >= 11 is 0. The van der Waals surface area contributed by atoms with Crippen LogP contribution in [0.3, 0.4) is 0 Å². The molecule has 3 nitrogen and oxygen atoms in total. The Morgan fingerprint density at radius 2 is 2.00 bits per heavy atom. The summed E-state index contributed by atoms with van der Waals surface area (Å²) in [6.45, 7) is 2.15. The van der Waals surface area contributed by atoms with E-state index in [1.54, 1.807) is 0 Å². The van der Waals surface area contributed by atoms with E-state index in [1.807, 2.05) is 12.1 Å². The Hall–Kier alpha value is -1.12. The van der Waals surface area contributed by atoms with Crippen LogP contribution in [0, 0.1) is 0 Å². The molecular weight excluding hydrogens is 200 g/mol. The number of hydrogen-bond acceptors (Lipinski definition) is 3. The lowest BCUT2D eigenvalue weighted by Gasteiger charge is -2.21. The van der Waals surface area contributed by atoms with E-state index in [0.29, 0.717) is 12.0 Å². The van der Waals surface area contributed by atoms with Crippen molar-refractivity contribution in [1.29, 1.82) is 0 Å². The molecule has 0 bridgehead atoms. The molecule has 0 atom stereocenters. The van der Waals surface area contributed by atoms with Crippen LogP contribution in [0.4, 0.5) is 0 Å². The van der Waals surface area contributed by atoms with Crippen molar-refractivity contribution < 1.29 is 4.74 Å². The maximum absolute atomic E-state index is 5.81. The van der Waals surface area contributed by atoms with Gasteiger partial charge in [-0.25, -0.2) is 0 Å². The first-order valence-electron chi connectivity index (χ1n) is 6.37. The average molecular weight is 220 g/mol. The molecule has 0 amide bonds. The minimum absolute atomic E-state index is 0.361. The first kappa shape index (κ1) is 11.4. The van der Waals surface area contributed by atoms with Crippen molar-refractivity contribution in [3.8, 4) is 5.88 Å². The van der Waals surface area contributed by atoms with Crippen LogP contribution in [0.1, 0.15) is 51.1 Å². The second kappa shape index (κ2) is 5.83. The topological polar surface area (TPSA) is 35.0 Å². The van der Waals surface area contributed by atoms with Gasteiger partial charge in [0.15, 0.2) is 0 Å². The fourth-order valence-corrected chi connectivity index (χ4v) is 2.15. The SMILES string of the molecule is CCCc1ccc(OC2CCCCC2)nn1. The van der Waals surface area contributed by atoms with Crippen molar-refractivity contribution in [2.45, 2.75) is 58.0 Å². The van der Waals surface area contributed by atoms with Crippen LogP contribution in [0.2, 0.25) is 0 Å². The fourth-order valence-electron chi connectivity index (χ4n) is 2.15. The Morgan fingerprint density at radius 3 is 2.62 bits per heavy atom. The molecule has 1 aromatic rings. The third kappa shape index (κ3) is 3.19. The molecule has 1 saturated carbocycles. The van der Waals surface area contributed by atoms with Crippen LogP contribution in [-0.2, 0) is 6.42 Å². The smallest absolute Gasteiger partial charge is 0.233 e. The standard InChI is InChI=1S/C13H20N2O/c1-2-6-11-9-10-13(15-14-11)16-12-7-4-3-5-8-12/h9-10,12H,2-8H2,1H3. The molecule has 0 saturated heterocycles. The molecule has 1 aliphatic carbocycles. The largest absolute Gasteiger partial charge is 0.473 e. The summed E-state index contributed by atoms with van der Waals surface area (Å²) in [6, 6.07) is 3.97. The highest BCUT2D eigenvalue weighted by Crippen LogP contribution is 2.21. The molecule has 0 radical (unpaired) electrons. The van der Waals surface area contributed by atoms with E-state index in [-0.39, 0.29) is 0 Å². The van der Waals surface area contributed by atoms with Gasteiger partial charge >= 0.3 is 0 Å². The summed E-state index contributed by atoms with van der Waals surface area (Å²) in [7, 11) is 0. The molecule has 0 aromatic carbocycles. The van der Waals surface area contributed by atoms with Gasteiger partial charge in [-0.05, 0) is 38.2 Å². The molecule has 1 fully saturated rings. The molecule has 0 N–H and O–H groups in total. The Labute approximate surface area is 97.2 Å². The highest BCUT2D eigenvalue weighted by atomic mass is 16.5. The van der Waals surface area contributed by atoms with Crippen LogP contribution in [-0.4, -0.2) is 16.3 Å². The summed E-state index contributed by atoms with van der Waals surface area (Å²) in [4.78, 5) is 0. The number of nitrogens with zero attached hydrogens (tertiary/aromatic N) is 2. The van der Waals surface area contributed by atoms with E-state index >= 15 is 0 Å². The molecule has 0 unspecified atom stereocenters. The van der Waals surface area contributed by atoms with Crippen molar-refractivity contribution in [3.05, 3.63) is 17.8 Å². The number of ether oxygens (including phenoxy) is 1. The summed E-state index contributed by atoms with van der Waals surface area (Å²) in [5, 5.41) is 8.28. The maximum atomic E-state index is 5.81. The molecule has 16 heavy (non-hydrogen) atoms.